The normalized spacial score (nSPS) is 10.4. The molecule has 0 unspecified atom stereocenters. The lowest BCUT2D eigenvalue weighted by molar-refractivity contribution is 0.102. The second-order valence-corrected chi connectivity index (χ2v) is 5.82. The number of benzene rings is 2. The van der Waals surface area contributed by atoms with Gasteiger partial charge in [0, 0.05) is 17.6 Å². The molecule has 0 fully saturated rings. The molecule has 0 saturated carbocycles. The number of carbonyl (C=O) groups excluding carboxylic acids is 1. The maximum absolute atomic E-state index is 13.0. The molecule has 1 amide bonds. The molecule has 1 aromatic heterocycles. The van der Waals surface area contributed by atoms with E-state index in [2.05, 4.69) is 15.6 Å². The Kier molecular flexibility index (Phi) is 4.75. The SMILES string of the molecule is Cc1cccc(C)c1NC(=O)c1cncc(Nc2ccc(F)cc2)c1. The predicted octanol–water partition coefficient (Wildman–Crippen LogP) is 4.83. The van der Waals surface area contributed by atoms with Crippen LogP contribution in [0.5, 0.6) is 0 Å². The Bertz CT molecular complexity index is 887. The molecule has 0 bridgehead atoms. The quantitative estimate of drug-likeness (QED) is 0.718. The smallest absolute Gasteiger partial charge is 0.257 e. The third kappa shape index (κ3) is 4.01. The highest BCUT2D eigenvalue weighted by Gasteiger charge is 2.11. The summed E-state index contributed by atoms with van der Waals surface area (Å²) in [6, 6.07) is 13.5. The lowest BCUT2D eigenvalue weighted by Crippen LogP contribution is -2.14. The minimum absolute atomic E-state index is 0.229. The highest BCUT2D eigenvalue weighted by molar-refractivity contribution is 6.05. The van der Waals surface area contributed by atoms with Gasteiger partial charge in [0.15, 0.2) is 0 Å². The van der Waals surface area contributed by atoms with Gasteiger partial charge in [0.1, 0.15) is 5.82 Å². The third-order valence-electron chi connectivity index (χ3n) is 3.85. The molecule has 0 aliphatic carbocycles. The lowest BCUT2D eigenvalue weighted by Gasteiger charge is -2.12. The van der Waals surface area contributed by atoms with Crippen LogP contribution < -0.4 is 10.6 Å². The Hall–Kier alpha value is -3.21. The zero-order valence-corrected chi connectivity index (χ0v) is 14.0. The van der Waals surface area contributed by atoms with E-state index in [0.717, 1.165) is 22.5 Å². The van der Waals surface area contributed by atoms with E-state index in [1.165, 1.54) is 18.3 Å². The van der Waals surface area contributed by atoms with Crippen molar-refractivity contribution in [3.63, 3.8) is 0 Å². The first-order chi connectivity index (χ1) is 12.0. The van der Waals surface area contributed by atoms with Crippen LogP contribution in [0, 0.1) is 19.7 Å². The van der Waals surface area contributed by atoms with Crippen molar-refractivity contribution in [3.05, 3.63) is 83.4 Å². The molecule has 0 saturated heterocycles. The molecule has 1 heterocycles. The van der Waals surface area contributed by atoms with Crippen molar-refractivity contribution in [1.29, 1.82) is 0 Å². The fraction of sp³-hybridized carbons (Fsp3) is 0.100. The van der Waals surface area contributed by atoms with Crippen molar-refractivity contribution < 1.29 is 9.18 Å². The molecular formula is C20H18FN3O. The topological polar surface area (TPSA) is 54.0 Å². The number of anilines is 3. The molecule has 0 spiro atoms. The average Bonchev–Trinajstić information content (AvgIpc) is 2.60. The van der Waals surface area contributed by atoms with E-state index in [0.29, 0.717) is 11.3 Å². The van der Waals surface area contributed by atoms with Gasteiger partial charge in [0.25, 0.3) is 5.91 Å². The number of rotatable bonds is 4. The van der Waals surface area contributed by atoms with E-state index in [1.54, 1.807) is 24.4 Å². The van der Waals surface area contributed by atoms with Gasteiger partial charge in [-0.2, -0.15) is 0 Å². The van der Waals surface area contributed by atoms with E-state index < -0.39 is 0 Å². The van der Waals surface area contributed by atoms with Gasteiger partial charge in [0.2, 0.25) is 0 Å². The Labute approximate surface area is 145 Å². The fourth-order valence-corrected chi connectivity index (χ4v) is 2.53. The van der Waals surface area contributed by atoms with Gasteiger partial charge in [-0.15, -0.1) is 0 Å². The van der Waals surface area contributed by atoms with E-state index in [4.69, 9.17) is 0 Å². The van der Waals surface area contributed by atoms with Crippen LogP contribution in [-0.2, 0) is 0 Å². The number of amides is 1. The zero-order chi connectivity index (χ0) is 17.8. The van der Waals surface area contributed by atoms with Crippen molar-refractivity contribution >= 4 is 23.0 Å². The summed E-state index contributed by atoms with van der Waals surface area (Å²) in [5.74, 6) is -0.530. The number of hydrogen-bond donors (Lipinski definition) is 2. The van der Waals surface area contributed by atoms with Crippen LogP contribution in [0.3, 0.4) is 0 Å². The van der Waals surface area contributed by atoms with Crippen molar-refractivity contribution in [2.24, 2.45) is 0 Å². The maximum atomic E-state index is 13.0. The number of hydrogen-bond acceptors (Lipinski definition) is 3. The number of nitrogens with zero attached hydrogens (tertiary/aromatic N) is 1. The molecule has 3 aromatic rings. The van der Waals surface area contributed by atoms with Crippen molar-refractivity contribution in [2.45, 2.75) is 13.8 Å². The summed E-state index contributed by atoms with van der Waals surface area (Å²) in [7, 11) is 0. The standard InChI is InChI=1S/C20H18FN3O/c1-13-4-3-5-14(2)19(13)24-20(25)15-10-18(12-22-11-15)23-17-8-6-16(21)7-9-17/h3-12,23H,1-2H3,(H,24,25). The molecule has 4 nitrogen and oxygen atoms in total. The van der Waals surface area contributed by atoms with Gasteiger partial charge in [-0.3, -0.25) is 9.78 Å². The molecule has 0 aliphatic rings. The van der Waals surface area contributed by atoms with Crippen molar-refractivity contribution in [2.75, 3.05) is 10.6 Å². The van der Waals surface area contributed by atoms with Crippen LogP contribution in [0.15, 0.2) is 60.9 Å². The summed E-state index contributed by atoms with van der Waals surface area (Å²) in [4.78, 5) is 16.6. The summed E-state index contributed by atoms with van der Waals surface area (Å²) in [6.45, 7) is 3.90. The monoisotopic (exact) mass is 335 g/mol. The Morgan fingerprint density at radius 1 is 0.960 bits per heavy atom. The molecule has 126 valence electrons. The molecule has 5 heteroatoms. The van der Waals surface area contributed by atoms with Crippen molar-refractivity contribution in [3.8, 4) is 0 Å². The van der Waals surface area contributed by atoms with Gasteiger partial charge in [-0.1, -0.05) is 18.2 Å². The molecule has 0 atom stereocenters. The highest BCUT2D eigenvalue weighted by atomic mass is 19.1. The van der Waals surface area contributed by atoms with E-state index >= 15 is 0 Å². The van der Waals surface area contributed by atoms with Crippen molar-refractivity contribution in [1.82, 2.24) is 4.98 Å². The number of nitrogens with one attached hydrogen (secondary N) is 2. The number of aromatic nitrogens is 1. The fourth-order valence-electron chi connectivity index (χ4n) is 2.53. The first-order valence-corrected chi connectivity index (χ1v) is 7.88. The molecule has 3 rings (SSSR count). The van der Waals surface area contributed by atoms with E-state index in [9.17, 15) is 9.18 Å². The Balaban J connectivity index is 1.78. The second kappa shape index (κ2) is 7.13. The van der Waals surface area contributed by atoms with Crippen LogP contribution in [0.1, 0.15) is 21.5 Å². The van der Waals surface area contributed by atoms with Gasteiger partial charge >= 0.3 is 0 Å². The Morgan fingerprint density at radius 2 is 1.64 bits per heavy atom. The maximum Gasteiger partial charge on any atom is 0.257 e. The summed E-state index contributed by atoms with van der Waals surface area (Å²) in [5.41, 5.74) is 4.62. The van der Waals surface area contributed by atoms with E-state index in [1.807, 2.05) is 32.0 Å². The number of halogens is 1. The van der Waals surface area contributed by atoms with Gasteiger partial charge in [-0.05, 0) is 55.3 Å². The minimum atomic E-state index is -0.301. The first kappa shape index (κ1) is 16.6. The number of pyridine rings is 1. The molecular weight excluding hydrogens is 317 g/mol. The summed E-state index contributed by atoms with van der Waals surface area (Å²) >= 11 is 0. The van der Waals surface area contributed by atoms with Gasteiger partial charge in [0.05, 0.1) is 17.4 Å². The number of carbonyl (C=O) groups is 1. The molecule has 2 N–H and O–H groups in total. The summed E-state index contributed by atoms with van der Waals surface area (Å²) in [6.07, 6.45) is 3.12. The molecule has 0 radical (unpaired) electrons. The van der Waals surface area contributed by atoms with Crippen LogP contribution in [-0.4, -0.2) is 10.9 Å². The lowest BCUT2D eigenvalue weighted by atomic mass is 10.1. The predicted molar refractivity (Wildman–Crippen MR) is 97.8 cm³/mol. The zero-order valence-electron chi connectivity index (χ0n) is 14.0. The Morgan fingerprint density at radius 3 is 2.32 bits per heavy atom. The molecule has 0 aliphatic heterocycles. The summed E-state index contributed by atoms with van der Waals surface area (Å²) in [5, 5.41) is 6.04. The largest absolute Gasteiger partial charge is 0.354 e. The summed E-state index contributed by atoms with van der Waals surface area (Å²) < 4.78 is 13.0. The van der Waals surface area contributed by atoms with Gasteiger partial charge in [-0.25, -0.2) is 4.39 Å². The van der Waals surface area contributed by atoms with Gasteiger partial charge < -0.3 is 10.6 Å². The van der Waals surface area contributed by atoms with Crippen LogP contribution in [0.25, 0.3) is 0 Å². The molecule has 2 aromatic carbocycles. The molecule has 25 heavy (non-hydrogen) atoms. The van der Waals surface area contributed by atoms with E-state index in [-0.39, 0.29) is 11.7 Å². The second-order valence-electron chi connectivity index (χ2n) is 5.82. The number of para-hydroxylation sites is 1. The van der Waals surface area contributed by atoms with Crippen LogP contribution in [0.2, 0.25) is 0 Å². The van der Waals surface area contributed by atoms with Crippen LogP contribution in [0.4, 0.5) is 21.5 Å². The average molecular weight is 335 g/mol. The first-order valence-electron chi connectivity index (χ1n) is 7.88. The number of aryl methyl sites for hydroxylation is 2. The third-order valence-corrected chi connectivity index (χ3v) is 3.85. The highest BCUT2D eigenvalue weighted by Crippen LogP contribution is 2.21. The minimum Gasteiger partial charge on any atom is -0.354 e. The van der Waals surface area contributed by atoms with Crippen LogP contribution >= 0.6 is 0 Å².